The Morgan fingerprint density at radius 3 is 2.59 bits per heavy atom. The van der Waals surface area contributed by atoms with Crippen molar-refractivity contribution in [2.24, 2.45) is 0 Å². The summed E-state index contributed by atoms with van der Waals surface area (Å²) in [4.78, 5) is 10.2. The van der Waals surface area contributed by atoms with Gasteiger partial charge in [0.05, 0.1) is 22.7 Å². The molecule has 0 bridgehead atoms. The molecule has 0 spiro atoms. The normalized spacial score (nSPS) is 11.8. The van der Waals surface area contributed by atoms with E-state index in [9.17, 15) is 14.5 Å². The first kappa shape index (κ1) is 16.0. The summed E-state index contributed by atoms with van der Waals surface area (Å²) in [6, 6.07) is 8.56. The number of methoxy groups -OCH3 is 1. The van der Waals surface area contributed by atoms with Crippen LogP contribution in [0, 0.1) is 15.9 Å². The highest BCUT2D eigenvalue weighted by molar-refractivity contribution is 6.33. The van der Waals surface area contributed by atoms with E-state index in [2.05, 4.69) is 5.32 Å². The zero-order chi connectivity index (χ0) is 16.3. The van der Waals surface area contributed by atoms with E-state index < -0.39 is 10.7 Å². The molecule has 0 aliphatic carbocycles. The Bertz CT molecular complexity index is 709. The maximum absolute atomic E-state index is 13.7. The van der Waals surface area contributed by atoms with Crippen molar-refractivity contribution >= 4 is 23.0 Å². The molecule has 1 N–H and O–H groups in total. The Hall–Kier alpha value is -2.34. The van der Waals surface area contributed by atoms with E-state index in [1.54, 1.807) is 12.1 Å². The smallest absolute Gasteiger partial charge is 0.271 e. The third-order valence-corrected chi connectivity index (χ3v) is 3.52. The SMILES string of the molecule is COc1ccc([C@@H](C)Nc2ccc([N+](=O)[O-])cc2Cl)cc1F. The number of halogens is 2. The third-order valence-electron chi connectivity index (χ3n) is 3.21. The first-order valence-electron chi connectivity index (χ1n) is 6.46. The van der Waals surface area contributed by atoms with Gasteiger partial charge in [-0.3, -0.25) is 10.1 Å². The number of hydrogen-bond acceptors (Lipinski definition) is 4. The molecule has 0 radical (unpaired) electrons. The molecule has 2 rings (SSSR count). The van der Waals surface area contributed by atoms with Crippen LogP contribution in [0.15, 0.2) is 36.4 Å². The molecule has 2 aromatic rings. The first-order valence-corrected chi connectivity index (χ1v) is 6.84. The largest absolute Gasteiger partial charge is 0.494 e. The van der Waals surface area contributed by atoms with Crippen molar-refractivity contribution in [1.82, 2.24) is 0 Å². The lowest BCUT2D eigenvalue weighted by Gasteiger charge is -2.17. The molecule has 0 aliphatic heterocycles. The van der Waals surface area contributed by atoms with E-state index >= 15 is 0 Å². The lowest BCUT2D eigenvalue weighted by atomic mass is 10.1. The highest BCUT2D eigenvalue weighted by Crippen LogP contribution is 2.30. The van der Waals surface area contributed by atoms with Gasteiger partial charge < -0.3 is 10.1 Å². The van der Waals surface area contributed by atoms with Crippen molar-refractivity contribution in [3.8, 4) is 5.75 Å². The maximum atomic E-state index is 13.7. The molecule has 22 heavy (non-hydrogen) atoms. The average molecular weight is 325 g/mol. The fraction of sp³-hybridized carbons (Fsp3) is 0.200. The second-order valence-electron chi connectivity index (χ2n) is 4.68. The first-order chi connectivity index (χ1) is 10.4. The number of hydrogen-bond donors (Lipinski definition) is 1. The van der Waals surface area contributed by atoms with Gasteiger partial charge in [-0.25, -0.2) is 4.39 Å². The Kier molecular flexibility index (Phi) is 4.82. The number of non-ortho nitro benzene ring substituents is 1. The minimum atomic E-state index is -0.516. The molecule has 1 atom stereocenters. The molecule has 116 valence electrons. The van der Waals surface area contributed by atoms with Crippen LogP contribution in [0.25, 0.3) is 0 Å². The number of anilines is 1. The molecule has 0 saturated carbocycles. The molecule has 0 amide bonds. The molecule has 0 aromatic heterocycles. The fourth-order valence-electron chi connectivity index (χ4n) is 2.00. The Morgan fingerprint density at radius 1 is 1.32 bits per heavy atom. The molecular formula is C15H14ClFN2O3. The van der Waals surface area contributed by atoms with Crippen LogP contribution < -0.4 is 10.1 Å². The second-order valence-corrected chi connectivity index (χ2v) is 5.09. The summed E-state index contributed by atoms with van der Waals surface area (Å²) in [5.74, 6) is -0.284. The quantitative estimate of drug-likeness (QED) is 0.646. The lowest BCUT2D eigenvalue weighted by molar-refractivity contribution is -0.384. The van der Waals surface area contributed by atoms with Crippen molar-refractivity contribution in [1.29, 1.82) is 0 Å². The predicted molar refractivity (Wildman–Crippen MR) is 83.1 cm³/mol. The van der Waals surface area contributed by atoms with E-state index in [0.29, 0.717) is 11.3 Å². The number of nitro benzene ring substituents is 1. The number of ether oxygens (including phenoxy) is 1. The molecular weight excluding hydrogens is 311 g/mol. The number of nitrogens with one attached hydrogen (secondary N) is 1. The van der Waals surface area contributed by atoms with E-state index in [-0.39, 0.29) is 22.5 Å². The topological polar surface area (TPSA) is 64.4 Å². The summed E-state index contributed by atoms with van der Waals surface area (Å²) < 4.78 is 18.6. The number of nitro groups is 1. The molecule has 2 aromatic carbocycles. The molecule has 5 nitrogen and oxygen atoms in total. The predicted octanol–water partition coefficient (Wildman–Crippen LogP) is 4.57. The second kappa shape index (κ2) is 6.62. The van der Waals surface area contributed by atoms with Gasteiger partial charge in [-0.05, 0) is 30.7 Å². The van der Waals surface area contributed by atoms with Crippen molar-refractivity contribution in [3.63, 3.8) is 0 Å². The van der Waals surface area contributed by atoms with Crippen LogP contribution >= 0.6 is 11.6 Å². The molecule has 0 aliphatic rings. The van der Waals surface area contributed by atoms with Crippen LogP contribution in [0.1, 0.15) is 18.5 Å². The highest BCUT2D eigenvalue weighted by Gasteiger charge is 2.13. The summed E-state index contributed by atoms with van der Waals surface area (Å²) in [5.41, 5.74) is 1.16. The monoisotopic (exact) mass is 324 g/mol. The zero-order valence-electron chi connectivity index (χ0n) is 12.0. The highest BCUT2D eigenvalue weighted by atomic mass is 35.5. The third kappa shape index (κ3) is 3.46. The van der Waals surface area contributed by atoms with Gasteiger partial charge >= 0.3 is 0 Å². The number of benzene rings is 2. The Labute approximate surface area is 131 Å². The summed E-state index contributed by atoms with van der Waals surface area (Å²) in [6.07, 6.45) is 0. The minimum absolute atomic E-state index is 0.0845. The van der Waals surface area contributed by atoms with Crippen LogP contribution in [-0.4, -0.2) is 12.0 Å². The standard InChI is InChI=1S/C15H14ClFN2O3/c1-9(10-3-6-15(22-2)13(17)7-10)18-14-5-4-11(19(20)21)8-12(14)16/h3-9,18H,1-2H3/t9-/m1/s1. The van der Waals surface area contributed by atoms with Gasteiger partial charge in [-0.15, -0.1) is 0 Å². The van der Waals surface area contributed by atoms with E-state index in [1.807, 2.05) is 6.92 Å². The number of rotatable bonds is 5. The van der Waals surface area contributed by atoms with Crippen molar-refractivity contribution < 1.29 is 14.1 Å². The summed E-state index contributed by atoms with van der Waals surface area (Å²) in [6.45, 7) is 1.83. The molecule has 7 heteroatoms. The van der Waals surface area contributed by atoms with Gasteiger partial charge in [-0.2, -0.15) is 0 Å². The van der Waals surface area contributed by atoms with Crippen LogP contribution in [0.2, 0.25) is 5.02 Å². The summed E-state index contributed by atoms with van der Waals surface area (Å²) in [5, 5.41) is 14.0. The van der Waals surface area contributed by atoms with Gasteiger partial charge in [0.2, 0.25) is 0 Å². The molecule has 0 fully saturated rings. The lowest BCUT2D eigenvalue weighted by Crippen LogP contribution is -2.07. The van der Waals surface area contributed by atoms with Gasteiger partial charge in [-0.1, -0.05) is 17.7 Å². The summed E-state index contributed by atoms with van der Waals surface area (Å²) in [7, 11) is 1.40. The molecule has 0 saturated heterocycles. The van der Waals surface area contributed by atoms with Crippen molar-refractivity contribution in [3.05, 3.63) is 62.9 Å². The van der Waals surface area contributed by atoms with E-state index in [4.69, 9.17) is 16.3 Å². The average Bonchev–Trinajstić information content (AvgIpc) is 2.48. The fourth-order valence-corrected chi connectivity index (χ4v) is 2.23. The summed E-state index contributed by atoms with van der Waals surface area (Å²) >= 11 is 6.02. The zero-order valence-corrected chi connectivity index (χ0v) is 12.7. The minimum Gasteiger partial charge on any atom is -0.494 e. The Balaban J connectivity index is 2.20. The Morgan fingerprint density at radius 2 is 2.05 bits per heavy atom. The van der Waals surface area contributed by atoms with Crippen LogP contribution in [0.5, 0.6) is 5.75 Å². The van der Waals surface area contributed by atoms with Gasteiger partial charge in [0.15, 0.2) is 11.6 Å². The molecule has 0 heterocycles. The van der Waals surface area contributed by atoms with Crippen LogP contribution in [-0.2, 0) is 0 Å². The van der Waals surface area contributed by atoms with Crippen LogP contribution in [0.3, 0.4) is 0 Å². The van der Waals surface area contributed by atoms with Crippen molar-refractivity contribution in [2.75, 3.05) is 12.4 Å². The van der Waals surface area contributed by atoms with Gasteiger partial charge in [0, 0.05) is 18.2 Å². The van der Waals surface area contributed by atoms with Crippen LogP contribution in [0.4, 0.5) is 15.8 Å². The maximum Gasteiger partial charge on any atom is 0.271 e. The molecule has 0 unspecified atom stereocenters. The van der Waals surface area contributed by atoms with E-state index in [0.717, 1.165) is 0 Å². The van der Waals surface area contributed by atoms with Gasteiger partial charge in [0.1, 0.15) is 0 Å². The van der Waals surface area contributed by atoms with Gasteiger partial charge in [0.25, 0.3) is 5.69 Å². The van der Waals surface area contributed by atoms with Crippen molar-refractivity contribution in [2.45, 2.75) is 13.0 Å². The van der Waals surface area contributed by atoms with E-state index in [1.165, 1.54) is 31.4 Å². The number of nitrogens with zero attached hydrogens (tertiary/aromatic N) is 1.